The van der Waals surface area contributed by atoms with Crippen molar-refractivity contribution >= 4 is 11.6 Å². The van der Waals surface area contributed by atoms with E-state index in [1.807, 2.05) is 18.2 Å². The van der Waals surface area contributed by atoms with Gasteiger partial charge in [-0.1, -0.05) is 43.3 Å². The van der Waals surface area contributed by atoms with Crippen molar-refractivity contribution in [2.75, 3.05) is 18.4 Å². The van der Waals surface area contributed by atoms with Gasteiger partial charge in [0.15, 0.2) is 0 Å². The standard InChI is InChI=1S/C27H31N3O/c1-4-22(21-9-6-5-7-10-21)26(31)29-17-14-27(15-18-29)24-11-8-16-30(24)25-20(3)19(2)12-13-23(25)28-27/h5-13,16,22,28H,4,14-15,17-18H2,1-3H3/t22-/m0/s1. The number of aryl methyl sites for hydroxylation is 1. The maximum Gasteiger partial charge on any atom is 0.230 e. The molecule has 1 amide bonds. The number of benzene rings is 2. The Morgan fingerprint density at radius 3 is 2.48 bits per heavy atom. The molecule has 1 atom stereocenters. The molecule has 1 fully saturated rings. The van der Waals surface area contributed by atoms with E-state index in [0.29, 0.717) is 0 Å². The van der Waals surface area contributed by atoms with Gasteiger partial charge in [-0.15, -0.1) is 0 Å². The average molecular weight is 414 g/mol. The van der Waals surface area contributed by atoms with E-state index in [9.17, 15) is 4.79 Å². The number of nitrogens with zero attached hydrogens (tertiary/aromatic N) is 2. The molecule has 1 aromatic heterocycles. The van der Waals surface area contributed by atoms with Gasteiger partial charge in [-0.3, -0.25) is 4.79 Å². The highest BCUT2D eigenvalue weighted by molar-refractivity contribution is 5.84. The molecule has 4 nitrogen and oxygen atoms in total. The molecule has 31 heavy (non-hydrogen) atoms. The van der Waals surface area contributed by atoms with Crippen LogP contribution in [0.15, 0.2) is 60.8 Å². The SMILES string of the molecule is CC[C@H](C(=O)N1CCC2(CC1)Nc1ccc(C)c(C)c1-n1cccc12)c1ccccc1. The number of aromatic nitrogens is 1. The quantitative estimate of drug-likeness (QED) is 0.613. The molecule has 0 aliphatic carbocycles. The predicted molar refractivity (Wildman–Crippen MR) is 126 cm³/mol. The number of rotatable bonds is 3. The Bertz CT molecular complexity index is 1110. The van der Waals surface area contributed by atoms with Crippen molar-refractivity contribution < 1.29 is 4.79 Å². The third-order valence-electron chi connectivity index (χ3n) is 7.39. The highest BCUT2D eigenvalue weighted by atomic mass is 16.2. The van der Waals surface area contributed by atoms with Crippen molar-refractivity contribution in [3.63, 3.8) is 0 Å². The van der Waals surface area contributed by atoms with Gasteiger partial charge in [-0.05, 0) is 68.0 Å². The number of carbonyl (C=O) groups is 1. The van der Waals surface area contributed by atoms with Crippen molar-refractivity contribution in [3.8, 4) is 5.69 Å². The molecule has 1 spiro atoms. The zero-order valence-corrected chi connectivity index (χ0v) is 18.7. The smallest absolute Gasteiger partial charge is 0.230 e. The summed E-state index contributed by atoms with van der Waals surface area (Å²) >= 11 is 0. The first kappa shape index (κ1) is 19.9. The van der Waals surface area contributed by atoms with Crippen LogP contribution < -0.4 is 5.32 Å². The number of fused-ring (bicyclic) bond motifs is 4. The minimum absolute atomic E-state index is 0.0511. The van der Waals surface area contributed by atoms with E-state index >= 15 is 0 Å². The van der Waals surface area contributed by atoms with Crippen LogP contribution in [0.3, 0.4) is 0 Å². The molecule has 0 bridgehead atoms. The molecule has 4 heteroatoms. The highest BCUT2D eigenvalue weighted by Gasteiger charge is 2.43. The van der Waals surface area contributed by atoms with E-state index in [1.54, 1.807) is 0 Å². The van der Waals surface area contributed by atoms with Crippen LogP contribution in [0.1, 0.15) is 54.5 Å². The fourth-order valence-corrected chi connectivity index (χ4v) is 5.45. The Morgan fingerprint density at radius 1 is 1.03 bits per heavy atom. The van der Waals surface area contributed by atoms with Crippen molar-refractivity contribution in [1.82, 2.24) is 9.47 Å². The van der Waals surface area contributed by atoms with Gasteiger partial charge >= 0.3 is 0 Å². The van der Waals surface area contributed by atoms with Gasteiger partial charge in [0, 0.05) is 25.0 Å². The Kier molecular flexibility index (Phi) is 4.88. The molecule has 160 valence electrons. The van der Waals surface area contributed by atoms with Gasteiger partial charge in [-0.2, -0.15) is 0 Å². The number of likely N-dealkylation sites (tertiary alicyclic amines) is 1. The monoisotopic (exact) mass is 413 g/mol. The van der Waals surface area contributed by atoms with Crippen LogP contribution in [-0.4, -0.2) is 28.5 Å². The molecule has 3 heterocycles. The second-order valence-electron chi connectivity index (χ2n) is 9.07. The zero-order valence-electron chi connectivity index (χ0n) is 18.7. The number of hydrogen-bond donors (Lipinski definition) is 1. The largest absolute Gasteiger partial charge is 0.372 e. The van der Waals surface area contributed by atoms with Crippen LogP contribution in [0.25, 0.3) is 5.69 Å². The Balaban J connectivity index is 1.40. The van der Waals surface area contributed by atoms with Crippen LogP contribution in [0.4, 0.5) is 5.69 Å². The lowest BCUT2D eigenvalue weighted by Gasteiger charge is -2.47. The lowest BCUT2D eigenvalue weighted by molar-refractivity contribution is -0.134. The van der Waals surface area contributed by atoms with E-state index in [1.165, 1.54) is 28.2 Å². The third kappa shape index (κ3) is 3.16. The fraction of sp³-hybridized carbons (Fsp3) is 0.370. The van der Waals surface area contributed by atoms with Gasteiger partial charge in [0.2, 0.25) is 5.91 Å². The van der Waals surface area contributed by atoms with Crippen molar-refractivity contribution in [3.05, 3.63) is 83.2 Å². The lowest BCUT2D eigenvalue weighted by Crippen LogP contribution is -2.51. The lowest BCUT2D eigenvalue weighted by atomic mass is 9.81. The number of nitrogens with one attached hydrogen (secondary N) is 1. The molecule has 1 saturated heterocycles. The number of amides is 1. The van der Waals surface area contributed by atoms with E-state index in [2.05, 4.69) is 78.2 Å². The number of anilines is 1. The molecule has 0 radical (unpaired) electrons. The van der Waals surface area contributed by atoms with Crippen LogP contribution in [0.2, 0.25) is 0 Å². The van der Waals surface area contributed by atoms with Gasteiger partial charge in [-0.25, -0.2) is 0 Å². The van der Waals surface area contributed by atoms with E-state index in [0.717, 1.165) is 37.9 Å². The summed E-state index contributed by atoms with van der Waals surface area (Å²) in [6.45, 7) is 8.04. The maximum absolute atomic E-state index is 13.4. The molecule has 2 aliphatic heterocycles. The molecule has 1 N–H and O–H groups in total. The molecular weight excluding hydrogens is 382 g/mol. The molecule has 5 rings (SSSR count). The minimum atomic E-state index is -0.122. The average Bonchev–Trinajstić information content (AvgIpc) is 3.29. The predicted octanol–water partition coefficient (Wildman–Crippen LogP) is 5.53. The summed E-state index contributed by atoms with van der Waals surface area (Å²) in [5, 5.41) is 3.90. The number of piperidine rings is 1. The van der Waals surface area contributed by atoms with E-state index < -0.39 is 0 Å². The molecular formula is C27H31N3O. The van der Waals surface area contributed by atoms with Crippen LogP contribution in [0, 0.1) is 13.8 Å². The Morgan fingerprint density at radius 2 is 1.77 bits per heavy atom. The van der Waals surface area contributed by atoms with E-state index in [-0.39, 0.29) is 17.4 Å². The summed E-state index contributed by atoms with van der Waals surface area (Å²) in [5.41, 5.74) is 7.41. The first-order valence-electron chi connectivity index (χ1n) is 11.4. The Hall–Kier alpha value is -3.01. The van der Waals surface area contributed by atoms with Gasteiger partial charge in [0.1, 0.15) is 0 Å². The number of hydrogen-bond acceptors (Lipinski definition) is 2. The zero-order chi connectivity index (χ0) is 21.6. The van der Waals surface area contributed by atoms with Gasteiger partial charge in [0.05, 0.1) is 22.8 Å². The summed E-state index contributed by atoms with van der Waals surface area (Å²) in [6, 6.07) is 19.0. The minimum Gasteiger partial charge on any atom is -0.372 e. The van der Waals surface area contributed by atoms with Gasteiger partial charge < -0.3 is 14.8 Å². The van der Waals surface area contributed by atoms with Crippen molar-refractivity contribution in [1.29, 1.82) is 0 Å². The summed E-state index contributed by atoms with van der Waals surface area (Å²) in [4.78, 5) is 15.5. The second-order valence-corrected chi connectivity index (χ2v) is 9.07. The fourth-order valence-electron chi connectivity index (χ4n) is 5.45. The Labute approximate surface area is 184 Å². The topological polar surface area (TPSA) is 37.3 Å². The first-order valence-corrected chi connectivity index (χ1v) is 11.4. The third-order valence-corrected chi connectivity index (χ3v) is 7.39. The first-order chi connectivity index (χ1) is 15.0. The maximum atomic E-state index is 13.4. The molecule has 2 aliphatic rings. The summed E-state index contributed by atoms with van der Waals surface area (Å²) in [5.74, 6) is 0.214. The van der Waals surface area contributed by atoms with E-state index in [4.69, 9.17) is 0 Å². The van der Waals surface area contributed by atoms with Gasteiger partial charge in [0.25, 0.3) is 0 Å². The summed E-state index contributed by atoms with van der Waals surface area (Å²) in [6.07, 6.45) is 4.85. The van der Waals surface area contributed by atoms with Crippen LogP contribution in [-0.2, 0) is 10.3 Å². The number of carbonyl (C=O) groups excluding carboxylic acids is 1. The molecule has 2 aromatic carbocycles. The summed E-state index contributed by atoms with van der Waals surface area (Å²) < 4.78 is 2.37. The van der Waals surface area contributed by atoms with Crippen LogP contribution in [0.5, 0.6) is 0 Å². The summed E-state index contributed by atoms with van der Waals surface area (Å²) in [7, 11) is 0. The highest BCUT2D eigenvalue weighted by Crippen LogP contribution is 2.45. The molecule has 0 saturated carbocycles. The van der Waals surface area contributed by atoms with Crippen molar-refractivity contribution in [2.45, 2.75) is 51.5 Å². The molecule has 3 aromatic rings. The second kappa shape index (κ2) is 7.60. The van der Waals surface area contributed by atoms with Crippen LogP contribution >= 0.6 is 0 Å². The van der Waals surface area contributed by atoms with Crippen molar-refractivity contribution in [2.24, 2.45) is 0 Å². The normalized spacial score (nSPS) is 17.6. The molecule has 0 unspecified atom stereocenters.